The van der Waals surface area contributed by atoms with Crippen LogP contribution in [0.15, 0.2) is 22.7 Å². The molecule has 0 aromatic heterocycles. The minimum atomic E-state index is -4.70. The summed E-state index contributed by atoms with van der Waals surface area (Å²) in [5.41, 5.74) is 0.323. The van der Waals surface area contributed by atoms with Crippen LogP contribution in [0.5, 0.6) is 5.75 Å². The average Bonchev–Trinajstić information content (AvgIpc) is 2.83. The van der Waals surface area contributed by atoms with Gasteiger partial charge in [0.2, 0.25) is 0 Å². The van der Waals surface area contributed by atoms with E-state index in [1.165, 1.54) is 6.07 Å². The Kier molecular flexibility index (Phi) is 5.15. The fourth-order valence-electron chi connectivity index (χ4n) is 2.09. The molecule has 1 aliphatic rings. The number of benzene rings is 1. The lowest BCUT2D eigenvalue weighted by atomic mass is 10.2. The molecule has 1 heterocycles. The molecule has 1 atom stereocenters. The molecule has 3 nitrogen and oxygen atoms in total. The van der Waals surface area contributed by atoms with E-state index in [0.29, 0.717) is 16.7 Å². The monoisotopic (exact) mass is 353 g/mol. The molecular weight excluding hydrogens is 339 g/mol. The topological polar surface area (TPSA) is 30.5 Å². The molecule has 7 heteroatoms. The van der Waals surface area contributed by atoms with Crippen molar-refractivity contribution in [1.82, 2.24) is 0 Å². The number of rotatable bonds is 5. The van der Waals surface area contributed by atoms with Gasteiger partial charge in [-0.1, -0.05) is 15.9 Å². The van der Waals surface area contributed by atoms with Crippen molar-refractivity contribution in [2.45, 2.75) is 31.7 Å². The molecule has 0 amide bonds. The first-order chi connectivity index (χ1) is 9.44. The van der Waals surface area contributed by atoms with Crippen molar-refractivity contribution in [2.24, 2.45) is 0 Å². The molecule has 1 fully saturated rings. The van der Waals surface area contributed by atoms with Gasteiger partial charge in [0.05, 0.1) is 11.8 Å². The number of halogens is 4. The van der Waals surface area contributed by atoms with Gasteiger partial charge in [-0.15, -0.1) is 13.2 Å². The first-order valence-electron chi connectivity index (χ1n) is 6.35. The molecule has 2 rings (SSSR count). The number of alkyl halides is 3. The summed E-state index contributed by atoms with van der Waals surface area (Å²) in [5, 5.41) is 2.96. The molecular formula is C13H15BrF3NO2. The van der Waals surface area contributed by atoms with Crippen LogP contribution in [0.1, 0.15) is 19.3 Å². The van der Waals surface area contributed by atoms with Crippen LogP contribution in [-0.4, -0.2) is 25.6 Å². The Morgan fingerprint density at radius 3 is 2.85 bits per heavy atom. The highest BCUT2D eigenvalue weighted by Gasteiger charge is 2.32. The summed E-state index contributed by atoms with van der Waals surface area (Å²) in [4.78, 5) is 0. The average molecular weight is 354 g/mol. The van der Waals surface area contributed by atoms with Crippen molar-refractivity contribution in [3.8, 4) is 5.75 Å². The predicted molar refractivity (Wildman–Crippen MR) is 72.9 cm³/mol. The maximum Gasteiger partial charge on any atom is 0.573 e. The smallest absolute Gasteiger partial charge is 0.404 e. The summed E-state index contributed by atoms with van der Waals surface area (Å²) in [6, 6.07) is 4.51. The fraction of sp³-hybridized carbons (Fsp3) is 0.538. The highest BCUT2D eigenvalue weighted by atomic mass is 79.9. The van der Waals surface area contributed by atoms with Crippen molar-refractivity contribution < 1.29 is 22.6 Å². The van der Waals surface area contributed by atoms with Crippen molar-refractivity contribution in [3.63, 3.8) is 0 Å². The lowest BCUT2D eigenvalue weighted by Crippen LogP contribution is -2.19. The van der Waals surface area contributed by atoms with Gasteiger partial charge >= 0.3 is 6.36 Å². The lowest BCUT2D eigenvalue weighted by molar-refractivity contribution is -0.274. The van der Waals surface area contributed by atoms with Crippen LogP contribution in [0.3, 0.4) is 0 Å². The van der Waals surface area contributed by atoms with Gasteiger partial charge in [0, 0.05) is 17.6 Å². The van der Waals surface area contributed by atoms with Gasteiger partial charge < -0.3 is 14.8 Å². The van der Waals surface area contributed by atoms with E-state index >= 15 is 0 Å². The zero-order valence-electron chi connectivity index (χ0n) is 10.7. The van der Waals surface area contributed by atoms with Gasteiger partial charge in [0.25, 0.3) is 0 Å². The molecule has 20 heavy (non-hydrogen) atoms. The quantitative estimate of drug-likeness (QED) is 0.854. The molecule has 112 valence electrons. The standard InChI is InChI=1S/C13H15BrF3NO2/c14-9-3-4-11(12(8-9)20-13(15,16)17)18-6-5-10-2-1-7-19-10/h3-4,8,10,18H,1-2,5-7H2. The molecule has 0 saturated carbocycles. The maximum atomic E-state index is 12.3. The Morgan fingerprint density at radius 2 is 2.20 bits per heavy atom. The third-order valence-corrected chi connectivity index (χ3v) is 3.47. The molecule has 1 aromatic carbocycles. The van der Waals surface area contributed by atoms with Crippen LogP contribution in [0, 0.1) is 0 Å². The van der Waals surface area contributed by atoms with Crippen molar-refractivity contribution in [3.05, 3.63) is 22.7 Å². The van der Waals surface area contributed by atoms with Gasteiger partial charge in [-0.05, 0) is 37.5 Å². The van der Waals surface area contributed by atoms with Gasteiger partial charge in [-0.3, -0.25) is 0 Å². The molecule has 0 spiro atoms. The summed E-state index contributed by atoms with van der Waals surface area (Å²) in [6.45, 7) is 1.31. The van der Waals surface area contributed by atoms with Crippen LogP contribution >= 0.6 is 15.9 Å². The Bertz CT molecular complexity index is 448. The molecule has 0 radical (unpaired) electrons. The number of ether oxygens (including phenoxy) is 2. The van der Waals surface area contributed by atoms with Gasteiger partial charge in [-0.2, -0.15) is 0 Å². The number of nitrogens with one attached hydrogen (secondary N) is 1. The van der Waals surface area contributed by atoms with Crippen LogP contribution in [-0.2, 0) is 4.74 Å². The highest BCUT2D eigenvalue weighted by Crippen LogP contribution is 2.33. The summed E-state index contributed by atoms with van der Waals surface area (Å²) in [7, 11) is 0. The van der Waals surface area contributed by atoms with E-state index in [2.05, 4.69) is 26.0 Å². The Morgan fingerprint density at radius 1 is 1.40 bits per heavy atom. The first kappa shape index (κ1) is 15.4. The van der Waals surface area contributed by atoms with E-state index < -0.39 is 6.36 Å². The molecule has 0 bridgehead atoms. The fourth-order valence-corrected chi connectivity index (χ4v) is 2.43. The number of hydrogen-bond acceptors (Lipinski definition) is 3. The van der Waals surface area contributed by atoms with E-state index in [-0.39, 0.29) is 11.9 Å². The van der Waals surface area contributed by atoms with Gasteiger partial charge in [0.1, 0.15) is 0 Å². The summed E-state index contributed by atoms with van der Waals surface area (Å²) < 4.78 is 47.0. The third-order valence-electron chi connectivity index (χ3n) is 2.98. The highest BCUT2D eigenvalue weighted by molar-refractivity contribution is 9.10. The van der Waals surface area contributed by atoms with E-state index in [0.717, 1.165) is 25.9 Å². The van der Waals surface area contributed by atoms with Crippen LogP contribution in [0.25, 0.3) is 0 Å². The second kappa shape index (κ2) is 6.67. The van der Waals surface area contributed by atoms with Gasteiger partial charge in [0.15, 0.2) is 5.75 Å². The predicted octanol–water partition coefficient (Wildman–Crippen LogP) is 4.33. The van der Waals surface area contributed by atoms with E-state index in [1.807, 2.05) is 0 Å². The molecule has 1 saturated heterocycles. The molecule has 1 aromatic rings. The normalized spacial score (nSPS) is 19.1. The Labute approximate surface area is 123 Å². The second-order valence-corrected chi connectivity index (χ2v) is 5.45. The number of anilines is 1. The largest absolute Gasteiger partial charge is 0.573 e. The van der Waals surface area contributed by atoms with Crippen LogP contribution < -0.4 is 10.1 Å². The van der Waals surface area contributed by atoms with Crippen molar-refractivity contribution >= 4 is 21.6 Å². The molecule has 0 aliphatic carbocycles. The molecule has 1 aliphatic heterocycles. The molecule has 1 N–H and O–H groups in total. The molecule has 1 unspecified atom stereocenters. The van der Waals surface area contributed by atoms with E-state index in [9.17, 15) is 13.2 Å². The SMILES string of the molecule is FC(F)(F)Oc1cc(Br)ccc1NCCC1CCCO1. The zero-order valence-corrected chi connectivity index (χ0v) is 12.3. The second-order valence-electron chi connectivity index (χ2n) is 4.54. The third kappa shape index (κ3) is 4.86. The maximum absolute atomic E-state index is 12.3. The Hall–Kier alpha value is -0.950. The van der Waals surface area contributed by atoms with Crippen LogP contribution in [0.2, 0.25) is 0 Å². The van der Waals surface area contributed by atoms with E-state index in [4.69, 9.17) is 4.74 Å². The summed E-state index contributed by atoms with van der Waals surface area (Å²) in [5.74, 6) is -0.237. The van der Waals surface area contributed by atoms with Gasteiger partial charge in [-0.25, -0.2) is 0 Å². The van der Waals surface area contributed by atoms with E-state index in [1.54, 1.807) is 12.1 Å². The lowest BCUT2D eigenvalue weighted by Gasteiger charge is -2.16. The van der Waals surface area contributed by atoms with Crippen molar-refractivity contribution in [2.75, 3.05) is 18.5 Å². The first-order valence-corrected chi connectivity index (χ1v) is 7.14. The Balaban J connectivity index is 1.95. The minimum Gasteiger partial charge on any atom is -0.404 e. The summed E-state index contributed by atoms with van der Waals surface area (Å²) in [6.07, 6.45) is -1.68. The summed E-state index contributed by atoms with van der Waals surface area (Å²) >= 11 is 3.13. The minimum absolute atomic E-state index is 0.199. The van der Waals surface area contributed by atoms with Crippen molar-refractivity contribution in [1.29, 1.82) is 0 Å². The number of hydrogen-bond donors (Lipinski definition) is 1. The van der Waals surface area contributed by atoms with Crippen LogP contribution in [0.4, 0.5) is 18.9 Å². The zero-order chi connectivity index (χ0) is 14.6.